The number of morpholine rings is 1. The Morgan fingerprint density at radius 3 is 2.61 bits per heavy atom. The largest absolute Gasteiger partial charge is 0.379 e. The Kier molecular flexibility index (Phi) is 1.67. The first-order valence-electron chi connectivity index (χ1n) is 10.5. The van der Waals surface area contributed by atoms with Crippen LogP contribution in [-0.2, 0) is 16.6 Å². The van der Waals surface area contributed by atoms with Crippen LogP contribution in [-0.4, -0.2) is 31.0 Å². The topological polar surface area (TPSA) is 12.5 Å². The number of rotatable bonds is 2. The van der Waals surface area contributed by atoms with Crippen LogP contribution in [0.2, 0.25) is 0 Å². The number of benzene rings is 1. The molecule has 1 heterocycles. The van der Waals surface area contributed by atoms with Crippen molar-refractivity contribution in [3.05, 3.63) is 35.1 Å². The van der Waals surface area contributed by atoms with Gasteiger partial charge in [-0.25, -0.2) is 4.39 Å². The molecule has 0 saturated carbocycles. The van der Waals surface area contributed by atoms with Crippen molar-refractivity contribution >= 4 is 0 Å². The molecule has 0 bridgehead atoms. The summed E-state index contributed by atoms with van der Waals surface area (Å²) in [7, 11) is 0. The Bertz CT molecular complexity index is 749. The molecule has 0 amide bonds. The average molecular weight is 261 g/mol. The summed E-state index contributed by atoms with van der Waals surface area (Å²) >= 11 is 0. The highest BCUT2D eigenvalue weighted by atomic mass is 19.1. The zero-order valence-electron chi connectivity index (χ0n) is 20.5. The molecule has 1 aliphatic heterocycles. The third kappa shape index (κ3) is 3.30. The molecule has 1 aliphatic rings. The summed E-state index contributed by atoms with van der Waals surface area (Å²) in [6, 6.07) is 3.22. The molecule has 1 fully saturated rings. The first-order valence-corrected chi connectivity index (χ1v) is 5.51. The van der Waals surface area contributed by atoms with Crippen LogP contribution in [0.5, 0.6) is 0 Å². The molecule has 0 atom stereocenters. The van der Waals surface area contributed by atoms with E-state index in [9.17, 15) is 4.39 Å². The van der Waals surface area contributed by atoms with Crippen LogP contribution >= 0.6 is 0 Å². The Balaban J connectivity index is 2.69. The molecule has 0 aromatic heterocycles. The molecular weight excluding hydrogens is 229 g/mol. The first kappa shape index (κ1) is 5.59. The van der Waals surface area contributed by atoms with Crippen molar-refractivity contribution in [2.45, 2.75) is 32.7 Å². The van der Waals surface area contributed by atoms with Gasteiger partial charge in [-0.3, -0.25) is 4.90 Å². The van der Waals surface area contributed by atoms with E-state index in [-0.39, 0.29) is 10.5 Å². The molecule has 1 aromatic carbocycles. The lowest BCUT2D eigenvalue weighted by Gasteiger charge is -2.27. The van der Waals surface area contributed by atoms with Crippen LogP contribution in [0.25, 0.3) is 0 Å². The Morgan fingerprint density at radius 1 is 1.39 bits per heavy atom. The average Bonchev–Trinajstić information content (AvgIpc) is 2.42. The van der Waals surface area contributed by atoms with Gasteiger partial charge < -0.3 is 4.74 Å². The van der Waals surface area contributed by atoms with Crippen LogP contribution in [0, 0.1) is 5.82 Å². The van der Waals surface area contributed by atoms with Crippen molar-refractivity contribution in [3.63, 3.8) is 0 Å². The lowest BCUT2D eigenvalue weighted by molar-refractivity contribution is 0.0341. The van der Waals surface area contributed by atoms with Crippen LogP contribution in [0.15, 0.2) is 18.2 Å². The van der Waals surface area contributed by atoms with Gasteiger partial charge in [0.25, 0.3) is 0 Å². The van der Waals surface area contributed by atoms with Gasteiger partial charge in [-0.1, -0.05) is 32.9 Å². The van der Waals surface area contributed by atoms with Crippen LogP contribution in [0.1, 0.15) is 45.6 Å². The molecule has 0 spiro atoms. The maximum absolute atomic E-state index is 14.6. The van der Waals surface area contributed by atoms with Gasteiger partial charge in [0, 0.05) is 27.7 Å². The molecule has 1 aromatic rings. The van der Waals surface area contributed by atoms with E-state index in [4.69, 9.17) is 13.7 Å². The smallest absolute Gasteiger partial charge is 0.127 e. The molecule has 2 nitrogen and oxygen atoms in total. The predicted molar refractivity (Wildman–Crippen MR) is 71.2 cm³/mol. The lowest BCUT2D eigenvalue weighted by atomic mass is 9.86. The number of ether oxygens (including phenoxy) is 1. The fourth-order valence-corrected chi connectivity index (χ4v) is 1.57. The van der Waals surface area contributed by atoms with Gasteiger partial charge in [0.15, 0.2) is 0 Å². The molecule has 18 heavy (non-hydrogen) atoms. The first-order chi connectivity index (χ1) is 12.2. The fourth-order valence-electron chi connectivity index (χ4n) is 1.57. The van der Waals surface area contributed by atoms with Gasteiger partial charge in [-0.05, 0) is 22.6 Å². The fraction of sp³-hybridized carbons (Fsp3) is 0.600. The maximum atomic E-state index is 14.6. The highest BCUT2D eigenvalue weighted by Crippen LogP contribution is 2.25. The van der Waals surface area contributed by atoms with E-state index < -0.39 is 49.4 Å². The number of hydrogen-bond acceptors (Lipinski definition) is 2. The summed E-state index contributed by atoms with van der Waals surface area (Å²) in [4.78, 5) is -0.206. The minimum Gasteiger partial charge on any atom is -0.379 e. The van der Waals surface area contributed by atoms with E-state index >= 15 is 0 Å². The zero-order valence-corrected chi connectivity index (χ0v) is 10.5. The second-order valence-corrected chi connectivity index (χ2v) is 4.92. The summed E-state index contributed by atoms with van der Waals surface area (Å²) in [5, 5.41) is 0. The van der Waals surface area contributed by atoms with E-state index in [1.165, 1.54) is 6.07 Å². The van der Waals surface area contributed by atoms with Crippen LogP contribution in [0.3, 0.4) is 0 Å². The number of halogens is 1. The van der Waals surface area contributed by atoms with Crippen molar-refractivity contribution in [1.29, 1.82) is 0 Å². The van der Waals surface area contributed by atoms with Gasteiger partial charge >= 0.3 is 0 Å². The highest BCUT2D eigenvalue weighted by Gasteiger charge is 2.19. The highest BCUT2D eigenvalue weighted by molar-refractivity contribution is 5.29. The summed E-state index contributed by atoms with van der Waals surface area (Å²) in [6.45, 7) is -11.5. The summed E-state index contributed by atoms with van der Waals surface area (Å²) in [5.74, 6) is -0.797. The molecule has 2 rings (SSSR count). The van der Waals surface area contributed by atoms with E-state index in [1.54, 1.807) is 20.8 Å². The summed E-state index contributed by atoms with van der Waals surface area (Å²) in [6.07, 6.45) is 0. The minimum atomic E-state index is -3.43. The second kappa shape index (κ2) is 5.37. The Morgan fingerprint density at radius 2 is 2.06 bits per heavy atom. The summed E-state index contributed by atoms with van der Waals surface area (Å²) < 4.78 is 98.1. The lowest BCUT2D eigenvalue weighted by Crippen LogP contribution is -2.35. The number of hydrogen-bond donors (Lipinski definition) is 0. The third-order valence-electron chi connectivity index (χ3n) is 2.43. The number of nitrogens with zero attached hydrogens (tertiary/aromatic N) is 1. The Hall–Kier alpha value is -0.930. The molecule has 0 radical (unpaired) electrons. The summed E-state index contributed by atoms with van der Waals surface area (Å²) in [5.41, 5.74) is -0.836. The van der Waals surface area contributed by atoms with Crippen LogP contribution in [0.4, 0.5) is 4.39 Å². The maximum Gasteiger partial charge on any atom is 0.127 e. The van der Waals surface area contributed by atoms with Gasteiger partial charge in [-0.15, -0.1) is 0 Å². The van der Waals surface area contributed by atoms with E-state index in [2.05, 4.69) is 4.74 Å². The molecular formula is C15H22FNO. The van der Waals surface area contributed by atoms with Gasteiger partial charge in [0.1, 0.15) is 5.82 Å². The quantitative estimate of drug-likeness (QED) is 0.811. The molecule has 1 saturated heterocycles. The van der Waals surface area contributed by atoms with E-state index in [0.717, 1.165) is 12.1 Å². The van der Waals surface area contributed by atoms with Crippen molar-refractivity contribution < 1.29 is 22.8 Å². The normalized spacial score (nSPS) is 38.2. The molecule has 0 aliphatic carbocycles. The minimum absolute atomic E-state index is 0.206. The standard InChI is InChI=1S/C15H22FNO/c1-15(2,3)13-5-4-12(10-14(13)16)11-17-6-8-18-9-7-17/h4-5,10H,6-9,11H2,1-3H3/i6D2,7D2,8D2,9D2,11D2. The SMILES string of the molecule is [2H]C([2H])(c1ccc(C(C)(C)C)c(F)c1)N1C([2H])([2H])C([2H])([2H])OC([2H])([2H])C1([2H])[2H]. The molecule has 100 valence electrons. The zero-order chi connectivity index (χ0) is 22.1. The van der Waals surface area contributed by atoms with Gasteiger partial charge in [-0.2, -0.15) is 0 Å². The van der Waals surface area contributed by atoms with E-state index in [1.807, 2.05) is 0 Å². The Labute approximate surface area is 123 Å². The van der Waals surface area contributed by atoms with Gasteiger partial charge in [0.2, 0.25) is 0 Å². The van der Waals surface area contributed by atoms with Gasteiger partial charge in [0.05, 0.1) is 18.6 Å². The van der Waals surface area contributed by atoms with Crippen LogP contribution < -0.4 is 0 Å². The second-order valence-electron chi connectivity index (χ2n) is 4.92. The predicted octanol–water partition coefficient (Wildman–Crippen LogP) is 2.96. The monoisotopic (exact) mass is 261 g/mol. The van der Waals surface area contributed by atoms with Crippen molar-refractivity contribution in [3.8, 4) is 0 Å². The molecule has 0 unspecified atom stereocenters. The molecule has 3 heteroatoms. The van der Waals surface area contributed by atoms with Crippen molar-refractivity contribution in [2.24, 2.45) is 0 Å². The van der Waals surface area contributed by atoms with E-state index in [0.29, 0.717) is 0 Å². The third-order valence-corrected chi connectivity index (χ3v) is 2.43. The van der Waals surface area contributed by atoms with Crippen molar-refractivity contribution in [2.75, 3.05) is 26.1 Å². The molecule has 0 N–H and O–H groups in total. The van der Waals surface area contributed by atoms with Crippen molar-refractivity contribution in [1.82, 2.24) is 4.90 Å².